The lowest BCUT2D eigenvalue weighted by Gasteiger charge is -2.37. The molecule has 4 aromatic rings. The topological polar surface area (TPSA) is 224 Å². The van der Waals surface area contributed by atoms with Crippen LogP contribution in [0.4, 0.5) is 0 Å². The number of carbonyl (C=O) groups excluding carboxylic acids is 4. The van der Waals surface area contributed by atoms with Gasteiger partial charge < -0.3 is 34.1 Å². The molecule has 2 fully saturated rings. The number of hydrazine groups is 1. The van der Waals surface area contributed by atoms with Gasteiger partial charge in [-0.3, -0.25) is 34.5 Å². The number of carbonyl (C=O) groups is 4. The lowest BCUT2D eigenvalue weighted by atomic mass is 9.84. The predicted octanol–water partition coefficient (Wildman–Crippen LogP) is 5.60. The molecule has 74 heavy (non-hydrogen) atoms. The summed E-state index contributed by atoms with van der Waals surface area (Å²) in [4.78, 5) is 63.1. The van der Waals surface area contributed by atoms with Gasteiger partial charge in [-0.15, -0.1) is 0 Å². The number of aryl methyl sites for hydroxylation is 1. The van der Waals surface area contributed by atoms with Crippen molar-refractivity contribution in [1.29, 1.82) is 0 Å². The second-order valence-electron chi connectivity index (χ2n) is 20.5. The molecule has 2 aromatic heterocycles. The molecule has 3 amide bonds. The number of sulfonamides is 1. The van der Waals surface area contributed by atoms with Gasteiger partial charge in [0, 0.05) is 75.0 Å². The summed E-state index contributed by atoms with van der Waals surface area (Å²) in [6.07, 6.45) is 10.0. The number of aromatic nitrogens is 2. The molecule has 6 bridgehead atoms. The van der Waals surface area contributed by atoms with Crippen LogP contribution in [0.5, 0.6) is 5.75 Å². The van der Waals surface area contributed by atoms with Crippen molar-refractivity contribution in [3.05, 3.63) is 108 Å². The molecule has 2 saturated heterocycles. The van der Waals surface area contributed by atoms with Crippen LogP contribution >= 0.6 is 0 Å². The molecule has 19 heteroatoms. The maximum atomic E-state index is 14.8. The van der Waals surface area contributed by atoms with Crippen LogP contribution in [0.1, 0.15) is 71.1 Å². The number of allylic oxidation sites excluding steroid dienone is 2. The molecule has 5 atom stereocenters. The third-order valence-electron chi connectivity index (χ3n) is 14.1. The summed E-state index contributed by atoms with van der Waals surface area (Å²) < 4.78 is 47.5. The fourth-order valence-corrected chi connectivity index (χ4v) is 11.6. The Bertz CT molecular complexity index is 2960. The molecule has 3 aliphatic heterocycles. The molecule has 18 nitrogen and oxygen atoms in total. The average Bonchev–Trinajstić information content (AvgIpc) is 4.13. The standard InChI is InChI=1S/C55H72N8O10S/c1-12-40(72-11)18-16-34(5)48-52(58-48)74(69,70)60(8)30-47(65)61(9)49(33(3)4)51(66)57-45-25-35-23-38(26-39(64)24-35)36-17-19-46-41(27-36)42(50(62(46)13-2)43-29-56-21-20-37(43)31-71-10)28-55(6,7)32-73-54(68)44-15-14-22-63(59-44)53(45)67/h12,16-21,23-24,26-27,29,33,44-45,48-49,52,58-59,64H,5,13-15,22,25,28,30-32H2,1-4,6-11H3,(H,57,66)/b18-16-,40-12+/t44-,45-,48-,49-,52+/m0/s1. The van der Waals surface area contributed by atoms with Crippen LogP contribution in [0.15, 0.2) is 91.0 Å². The van der Waals surface area contributed by atoms with E-state index in [9.17, 15) is 32.7 Å². The van der Waals surface area contributed by atoms with Crippen LogP contribution in [-0.4, -0.2) is 139 Å². The monoisotopic (exact) mass is 1040 g/mol. The number of likely N-dealkylation sites (N-methyl/N-ethyl adjacent to an activating group) is 2. The summed E-state index contributed by atoms with van der Waals surface area (Å²) in [5.74, 6) is -2.32. The molecular formula is C55H72N8O10S. The van der Waals surface area contributed by atoms with E-state index in [2.05, 4.69) is 65.1 Å². The van der Waals surface area contributed by atoms with Crippen molar-refractivity contribution in [3.63, 3.8) is 0 Å². The van der Waals surface area contributed by atoms with Gasteiger partial charge in [-0.1, -0.05) is 52.5 Å². The molecule has 2 aromatic carbocycles. The van der Waals surface area contributed by atoms with E-state index >= 15 is 0 Å². The van der Waals surface area contributed by atoms with Crippen LogP contribution in [0.3, 0.4) is 0 Å². The van der Waals surface area contributed by atoms with Crippen molar-refractivity contribution in [2.45, 2.75) is 110 Å². The molecule has 0 saturated carbocycles. The number of fused-ring (bicyclic) bond motifs is 6. The smallest absolute Gasteiger partial charge is 0.324 e. The number of phenols is 1. The van der Waals surface area contributed by atoms with E-state index in [4.69, 9.17) is 14.2 Å². The molecule has 0 radical (unpaired) electrons. The molecule has 3 aliphatic rings. The fraction of sp³-hybridized carbons (Fsp3) is 0.473. The van der Waals surface area contributed by atoms with E-state index in [0.29, 0.717) is 54.9 Å². The molecule has 0 aliphatic carbocycles. The number of benzene rings is 2. The minimum absolute atomic E-state index is 0.0528. The molecular weight excluding hydrogens is 965 g/mol. The Morgan fingerprint density at radius 3 is 2.54 bits per heavy atom. The number of hydrogen-bond donors (Lipinski definition) is 4. The minimum atomic E-state index is -4.04. The Labute approximate surface area is 434 Å². The van der Waals surface area contributed by atoms with Crippen LogP contribution in [-0.2, 0) is 69.4 Å². The maximum Gasteiger partial charge on any atom is 0.324 e. The van der Waals surface area contributed by atoms with E-state index in [0.717, 1.165) is 43.2 Å². The lowest BCUT2D eigenvalue weighted by molar-refractivity contribution is -0.155. The number of cyclic esters (lactones) is 1. The molecule has 398 valence electrons. The number of hydrogen-bond acceptors (Lipinski definition) is 13. The summed E-state index contributed by atoms with van der Waals surface area (Å²) in [6.45, 7) is 16.3. The van der Waals surface area contributed by atoms with Gasteiger partial charge in [-0.2, -0.15) is 4.31 Å². The highest BCUT2D eigenvalue weighted by molar-refractivity contribution is 7.90. The van der Waals surface area contributed by atoms with Gasteiger partial charge in [0.2, 0.25) is 21.8 Å². The number of amides is 3. The van der Waals surface area contributed by atoms with Crippen LogP contribution < -0.4 is 16.1 Å². The highest BCUT2D eigenvalue weighted by Gasteiger charge is 2.50. The van der Waals surface area contributed by atoms with Crippen LogP contribution in [0.2, 0.25) is 0 Å². The highest BCUT2D eigenvalue weighted by atomic mass is 32.2. The Morgan fingerprint density at radius 2 is 1.85 bits per heavy atom. The zero-order valence-electron chi connectivity index (χ0n) is 44.2. The number of nitrogens with one attached hydrogen (secondary N) is 3. The first-order valence-corrected chi connectivity index (χ1v) is 26.6. The zero-order chi connectivity index (χ0) is 53.8. The van der Waals surface area contributed by atoms with Gasteiger partial charge in [0.15, 0.2) is 0 Å². The lowest BCUT2D eigenvalue weighted by Crippen LogP contribution is -2.62. The van der Waals surface area contributed by atoms with E-state index in [1.807, 2.05) is 31.3 Å². The summed E-state index contributed by atoms with van der Waals surface area (Å²) in [7, 11) is 1.88. The Kier molecular flexibility index (Phi) is 17.2. The predicted molar refractivity (Wildman–Crippen MR) is 283 cm³/mol. The third kappa shape index (κ3) is 12.1. The largest absolute Gasteiger partial charge is 0.508 e. The summed E-state index contributed by atoms with van der Waals surface area (Å²) in [5.41, 5.74) is 9.94. The van der Waals surface area contributed by atoms with Crippen molar-refractivity contribution < 1.29 is 46.9 Å². The quantitative estimate of drug-likeness (QED) is 0.0465. The number of rotatable bonds is 16. The van der Waals surface area contributed by atoms with Gasteiger partial charge in [0.25, 0.3) is 5.91 Å². The molecule has 7 rings (SSSR count). The summed E-state index contributed by atoms with van der Waals surface area (Å²) in [6, 6.07) is 9.37. The number of methoxy groups -OCH3 is 2. The number of esters is 1. The fourth-order valence-electron chi connectivity index (χ4n) is 10.1. The van der Waals surface area contributed by atoms with E-state index in [-0.39, 0.29) is 25.3 Å². The zero-order valence-corrected chi connectivity index (χ0v) is 45.0. The van der Waals surface area contributed by atoms with Crippen molar-refractivity contribution in [2.24, 2.45) is 11.3 Å². The first-order chi connectivity index (χ1) is 35.1. The first-order valence-electron chi connectivity index (χ1n) is 25.1. The number of pyridine rings is 1. The molecule has 5 heterocycles. The van der Waals surface area contributed by atoms with Crippen molar-refractivity contribution >= 4 is 44.6 Å². The SMILES string of the molecule is C=C(/C=C\C(=C/C)OC)[C@@H]1N[C@@H]1S(=O)(=O)N(C)CC(=O)N(C)[C@H](C(=O)N[C@H]1Cc2cc(O)cc(c2)-c2ccc3c(c2)c(c(-c2cnccc2COC)n3CC)CC(C)(C)COC(=O)[C@@H]2CCCN(N2)C1=O)C(C)C. The van der Waals surface area contributed by atoms with Crippen LogP contribution in [0, 0.1) is 11.3 Å². The number of phenolic OH excluding ortho intramolecular Hbond substituents is 1. The second kappa shape index (κ2) is 23.0. The Morgan fingerprint density at radius 1 is 1.09 bits per heavy atom. The van der Waals surface area contributed by atoms with Gasteiger partial charge in [0.1, 0.15) is 35.0 Å². The minimum Gasteiger partial charge on any atom is -0.508 e. The second-order valence-corrected chi connectivity index (χ2v) is 22.7. The maximum absolute atomic E-state index is 14.8. The molecule has 0 unspecified atom stereocenters. The van der Waals surface area contributed by atoms with Gasteiger partial charge in [-0.25, -0.2) is 13.8 Å². The van der Waals surface area contributed by atoms with Crippen molar-refractivity contribution in [1.82, 2.24) is 39.8 Å². The normalized spacial score (nSPS) is 20.9. The van der Waals surface area contributed by atoms with Gasteiger partial charge >= 0.3 is 5.97 Å². The summed E-state index contributed by atoms with van der Waals surface area (Å²) in [5, 5.41) is 18.5. The van der Waals surface area contributed by atoms with Crippen LogP contribution in [0.25, 0.3) is 33.3 Å². The average molecular weight is 1040 g/mol. The third-order valence-corrected chi connectivity index (χ3v) is 16.1. The van der Waals surface area contributed by atoms with E-state index in [1.54, 1.807) is 57.5 Å². The summed E-state index contributed by atoms with van der Waals surface area (Å²) >= 11 is 0. The number of aromatic hydroxyl groups is 1. The number of nitrogens with zero attached hydrogens (tertiary/aromatic N) is 5. The van der Waals surface area contributed by atoms with Crippen molar-refractivity contribution in [3.8, 4) is 28.1 Å². The molecule has 4 N–H and O–H groups in total. The Hall–Kier alpha value is -6.38. The number of ether oxygens (including phenoxy) is 3. The van der Waals surface area contributed by atoms with Gasteiger partial charge in [-0.05, 0) is 115 Å². The first kappa shape index (κ1) is 55.4. The molecule has 0 spiro atoms. The van der Waals surface area contributed by atoms with E-state index in [1.165, 1.54) is 31.1 Å². The van der Waals surface area contributed by atoms with Gasteiger partial charge in [0.05, 0.1) is 38.6 Å². The Balaban J connectivity index is 1.21. The van der Waals surface area contributed by atoms with E-state index < -0.39 is 81.1 Å². The highest BCUT2D eigenvalue weighted by Crippen LogP contribution is 2.41. The van der Waals surface area contributed by atoms with Crippen molar-refractivity contribution in [2.75, 3.05) is 48.0 Å².